The molecule has 176 valence electrons. The minimum Gasteiger partial charge on any atom is -0.504 e. The van der Waals surface area contributed by atoms with E-state index in [1.54, 1.807) is 13.1 Å². The molecule has 0 aliphatic carbocycles. The lowest BCUT2D eigenvalue weighted by molar-refractivity contribution is -0.135. The molecule has 0 saturated carbocycles. The first kappa shape index (κ1) is 23.2. The summed E-state index contributed by atoms with van der Waals surface area (Å²) < 4.78 is 0. The van der Waals surface area contributed by atoms with Crippen molar-refractivity contribution in [3.05, 3.63) is 66.0 Å². The molecule has 1 fully saturated rings. The Kier molecular flexibility index (Phi) is 7.01. The molecule has 4 rings (SSSR count). The molecule has 0 spiro atoms. The first-order chi connectivity index (χ1) is 16.4. The van der Waals surface area contributed by atoms with Gasteiger partial charge in [0, 0.05) is 37.6 Å². The maximum atomic E-state index is 12.2. The average molecular weight is 462 g/mol. The SMILES string of the molecule is Cc1nc(CC2CCN(c3ccc(-c4cccnc4)cc3)CC2)nc(C(=O)NCC(=O)O)c1O. The van der Waals surface area contributed by atoms with Crippen molar-refractivity contribution in [1.82, 2.24) is 20.3 Å². The Morgan fingerprint density at radius 2 is 1.82 bits per heavy atom. The molecule has 3 heterocycles. The van der Waals surface area contributed by atoms with Gasteiger partial charge in [-0.2, -0.15) is 0 Å². The molecule has 1 aliphatic rings. The Morgan fingerprint density at radius 3 is 2.47 bits per heavy atom. The number of nitrogens with one attached hydrogen (secondary N) is 1. The Hall–Kier alpha value is -4.01. The summed E-state index contributed by atoms with van der Waals surface area (Å²) in [5.41, 5.74) is 3.52. The summed E-state index contributed by atoms with van der Waals surface area (Å²) in [6.45, 7) is 2.87. The van der Waals surface area contributed by atoms with Gasteiger partial charge in [-0.3, -0.25) is 14.6 Å². The lowest BCUT2D eigenvalue weighted by Gasteiger charge is -2.33. The van der Waals surface area contributed by atoms with Gasteiger partial charge in [0.2, 0.25) is 0 Å². The highest BCUT2D eigenvalue weighted by Crippen LogP contribution is 2.28. The fraction of sp³-hybridized carbons (Fsp3) is 0.320. The van der Waals surface area contributed by atoms with Gasteiger partial charge in [-0.15, -0.1) is 0 Å². The molecule has 1 aliphatic heterocycles. The number of anilines is 1. The van der Waals surface area contributed by atoms with E-state index in [9.17, 15) is 14.7 Å². The normalized spacial score (nSPS) is 14.1. The van der Waals surface area contributed by atoms with Crippen LogP contribution in [0.5, 0.6) is 5.75 Å². The second kappa shape index (κ2) is 10.3. The number of carbonyl (C=O) groups is 2. The minimum atomic E-state index is -1.17. The van der Waals surface area contributed by atoms with Crippen LogP contribution in [0.25, 0.3) is 11.1 Å². The fourth-order valence-corrected chi connectivity index (χ4v) is 4.17. The molecule has 1 saturated heterocycles. The van der Waals surface area contributed by atoms with Crippen molar-refractivity contribution in [2.75, 3.05) is 24.5 Å². The zero-order valence-corrected chi connectivity index (χ0v) is 18.9. The zero-order chi connectivity index (χ0) is 24.1. The van der Waals surface area contributed by atoms with Crippen molar-refractivity contribution in [3.63, 3.8) is 0 Å². The highest BCUT2D eigenvalue weighted by molar-refractivity contribution is 5.96. The summed E-state index contributed by atoms with van der Waals surface area (Å²) in [6, 6.07) is 12.5. The molecule has 1 aromatic carbocycles. The number of carboxylic acids is 1. The zero-order valence-electron chi connectivity index (χ0n) is 18.9. The van der Waals surface area contributed by atoms with Crippen LogP contribution in [0.2, 0.25) is 0 Å². The van der Waals surface area contributed by atoms with E-state index >= 15 is 0 Å². The van der Waals surface area contributed by atoms with Crippen LogP contribution in [0.1, 0.15) is 34.8 Å². The van der Waals surface area contributed by atoms with Gasteiger partial charge in [0.05, 0.1) is 5.69 Å². The lowest BCUT2D eigenvalue weighted by Crippen LogP contribution is -2.34. The van der Waals surface area contributed by atoms with Crippen molar-refractivity contribution in [3.8, 4) is 16.9 Å². The molecule has 0 atom stereocenters. The highest BCUT2D eigenvalue weighted by Gasteiger charge is 2.23. The van der Waals surface area contributed by atoms with E-state index in [2.05, 4.69) is 49.4 Å². The highest BCUT2D eigenvalue weighted by atomic mass is 16.4. The average Bonchev–Trinajstić information content (AvgIpc) is 2.86. The quantitative estimate of drug-likeness (QED) is 0.490. The maximum Gasteiger partial charge on any atom is 0.322 e. The van der Waals surface area contributed by atoms with Crippen molar-refractivity contribution >= 4 is 17.6 Å². The van der Waals surface area contributed by atoms with E-state index in [1.807, 2.05) is 18.3 Å². The number of carbonyl (C=O) groups excluding carboxylic acids is 1. The third kappa shape index (κ3) is 5.48. The molecule has 1 amide bonds. The number of nitrogens with zero attached hydrogens (tertiary/aromatic N) is 4. The maximum absolute atomic E-state index is 12.2. The standard InChI is InChI=1S/C25H27N5O4/c1-16-24(33)23(25(34)27-15-22(31)32)29-21(28-16)13-17-8-11-30(12-9-17)20-6-4-18(5-7-20)19-3-2-10-26-14-19/h2-7,10,14,17,33H,8-9,11-13,15H2,1H3,(H,27,34)(H,31,32). The minimum absolute atomic E-state index is 0.185. The first-order valence-electron chi connectivity index (χ1n) is 11.2. The molecule has 34 heavy (non-hydrogen) atoms. The van der Waals surface area contributed by atoms with Gasteiger partial charge < -0.3 is 20.4 Å². The summed E-state index contributed by atoms with van der Waals surface area (Å²) in [7, 11) is 0. The van der Waals surface area contributed by atoms with E-state index in [0.717, 1.165) is 37.1 Å². The fourth-order valence-electron chi connectivity index (χ4n) is 4.17. The number of aliphatic carboxylic acids is 1. The number of carboxylic acid groups (broad SMARTS) is 1. The summed E-state index contributed by atoms with van der Waals surface area (Å²) in [6.07, 6.45) is 6.12. The van der Waals surface area contributed by atoms with Gasteiger partial charge in [0.25, 0.3) is 5.91 Å². The van der Waals surface area contributed by atoms with Crippen molar-refractivity contribution in [1.29, 1.82) is 0 Å². The van der Waals surface area contributed by atoms with E-state index in [-0.39, 0.29) is 11.4 Å². The van der Waals surface area contributed by atoms with Crippen LogP contribution in [0, 0.1) is 12.8 Å². The van der Waals surface area contributed by atoms with E-state index in [4.69, 9.17) is 5.11 Å². The summed E-state index contributed by atoms with van der Waals surface area (Å²) in [4.78, 5) is 38.1. The van der Waals surface area contributed by atoms with E-state index in [0.29, 0.717) is 23.9 Å². The number of pyridine rings is 1. The second-order valence-corrected chi connectivity index (χ2v) is 8.42. The predicted octanol–water partition coefficient (Wildman–Crippen LogP) is 2.83. The second-order valence-electron chi connectivity index (χ2n) is 8.42. The van der Waals surface area contributed by atoms with Gasteiger partial charge in [-0.25, -0.2) is 9.97 Å². The van der Waals surface area contributed by atoms with Crippen LogP contribution in [0.15, 0.2) is 48.8 Å². The molecule has 2 aromatic heterocycles. The Labute approximate surface area is 197 Å². The number of piperidine rings is 1. The van der Waals surface area contributed by atoms with E-state index < -0.39 is 18.4 Å². The monoisotopic (exact) mass is 461 g/mol. The van der Waals surface area contributed by atoms with Crippen molar-refractivity contribution in [2.24, 2.45) is 5.92 Å². The number of hydrogen-bond acceptors (Lipinski definition) is 7. The lowest BCUT2D eigenvalue weighted by atomic mass is 9.92. The molecular formula is C25H27N5O4. The van der Waals surface area contributed by atoms with Crippen LogP contribution < -0.4 is 10.2 Å². The Bertz CT molecular complexity index is 1160. The van der Waals surface area contributed by atoms with Crippen LogP contribution in [0.3, 0.4) is 0 Å². The van der Waals surface area contributed by atoms with E-state index in [1.165, 1.54) is 5.69 Å². The molecule has 0 unspecified atom stereocenters. The van der Waals surface area contributed by atoms with Gasteiger partial charge in [-0.1, -0.05) is 18.2 Å². The molecule has 9 nitrogen and oxygen atoms in total. The van der Waals surface area contributed by atoms with Gasteiger partial charge >= 0.3 is 5.97 Å². The topological polar surface area (TPSA) is 129 Å². The van der Waals surface area contributed by atoms with Crippen LogP contribution in [0.4, 0.5) is 5.69 Å². The molecule has 0 radical (unpaired) electrons. The molecule has 9 heteroatoms. The van der Waals surface area contributed by atoms with Crippen molar-refractivity contribution in [2.45, 2.75) is 26.2 Å². The van der Waals surface area contributed by atoms with Gasteiger partial charge in [0.1, 0.15) is 12.4 Å². The van der Waals surface area contributed by atoms with Crippen LogP contribution in [-0.2, 0) is 11.2 Å². The molecule has 3 N–H and O–H groups in total. The first-order valence-corrected chi connectivity index (χ1v) is 11.2. The largest absolute Gasteiger partial charge is 0.504 e. The van der Waals surface area contributed by atoms with Crippen LogP contribution in [-0.4, -0.2) is 56.7 Å². The number of aromatic hydroxyl groups is 1. The summed E-state index contributed by atoms with van der Waals surface area (Å²) in [5.74, 6) is -1.38. The Balaban J connectivity index is 1.37. The number of aromatic nitrogens is 3. The molecule has 3 aromatic rings. The van der Waals surface area contributed by atoms with Gasteiger partial charge in [-0.05, 0) is 55.0 Å². The molecular weight excluding hydrogens is 434 g/mol. The van der Waals surface area contributed by atoms with Crippen molar-refractivity contribution < 1.29 is 19.8 Å². The third-order valence-corrected chi connectivity index (χ3v) is 6.03. The summed E-state index contributed by atoms with van der Waals surface area (Å²) >= 11 is 0. The smallest absolute Gasteiger partial charge is 0.322 e. The number of hydrogen-bond donors (Lipinski definition) is 3. The number of rotatable bonds is 7. The Morgan fingerprint density at radius 1 is 1.09 bits per heavy atom. The molecule has 0 bridgehead atoms. The van der Waals surface area contributed by atoms with Gasteiger partial charge in [0.15, 0.2) is 11.4 Å². The summed E-state index contributed by atoms with van der Waals surface area (Å²) in [5, 5.41) is 21.2. The number of aryl methyl sites for hydroxylation is 1. The number of amides is 1. The van der Waals surface area contributed by atoms with Crippen LogP contribution >= 0.6 is 0 Å². The third-order valence-electron chi connectivity index (χ3n) is 6.03. The predicted molar refractivity (Wildman–Crippen MR) is 127 cm³/mol. The number of benzene rings is 1.